The van der Waals surface area contributed by atoms with E-state index in [2.05, 4.69) is 47.1 Å². The van der Waals surface area contributed by atoms with Crippen LogP contribution >= 0.6 is 34.0 Å². The number of esters is 3. The minimum absolute atomic E-state index is 0.0513. The Kier molecular flexibility index (Phi) is 31.3. The molecule has 0 amide bonds. The molecule has 0 fully saturated rings. The van der Waals surface area contributed by atoms with Crippen molar-refractivity contribution >= 4 is 103 Å². The fraction of sp³-hybridized carbons (Fsp3) is 0.688. The van der Waals surface area contributed by atoms with Gasteiger partial charge < -0.3 is 24.4 Å². The lowest BCUT2D eigenvalue weighted by Crippen LogP contribution is -2.43. The third-order valence-electron chi connectivity index (χ3n) is 9.17. The summed E-state index contributed by atoms with van der Waals surface area (Å²) < 4.78 is 61.0. The topological polar surface area (TPSA) is 263 Å². The highest BCUT2D eigenvalue weighted by molar-refractivity contribution is 7.85. The zero-order chi connectivity index (χ0) is 55.9. The molecule has 3 rings (SSSR count). The van der Waals surface area contributed by atoms with Crippen molar-refractivity contribution in [2.45, 2.75) is 177 Å². The highest BCUT2D eigenvalue weighted by atomic mass is 32.2. The maximum Gasteiger partial charge on any atom is 0.357 e. The summed E-state index contributed by atoms with van der Waals surface area (Å²) >= 11 is 3.55. The van der Waals surface area contributed by atoms with Gasteiger partial charge in [-0.15, -0.1) is 34.0 Å². The standard InChI is InChI=1S/C16H28N2O4S2.C16H26N2O4S2.C9H19NOS.C7H7NO3S/c2*1-7-22-15(20)12-9-23-14(17-12)13(19)8-11(10(2)3)18-24(21)16(4,5)6;1-7(2)8(3)10-12(11)9(4,5)6;1-2-11-7(10)5-4-12-6(3-9)8-5/h9-11,13,18-19H,7-8H2,1-6H3;9-10,13,19H,7-8H2,1-6H3;7H,1-6H3;3-4H,2H2,1H3/t11-,13-,24+;13-,24+;12-;/m110./s1. The first-order valence-electron chi connectivity index (χ1n) is 23.5. The van der Waals surface area contributed by atoms with Gasteiger partial charge in [0.2, 0.25) is 0 Å². The lowest BCUT2D eigenvalue weighted by molar-refractivity contribution is 0.0510. The summed E-state index contributed by atoms with van der Waals surface area (Å²) in [6.45, 7) is 37.0. The predicted molar refractivity (Wildman–Crippen MR) is 294 cm³/mol. The number of hydrogen-bond acceptors (Lipinski definition) is 18. The van der Waals surface area contributed by atoms with E-state index < -0.39 is 67.8 Å². The van der Waals surface area contributed by atoms with Gasteiger partial charge in [-0.1, -0.05) is 41.5 Å². The van der Waals surface area contributed by atoms with Crippen LogP contribution in [0.2, 0.25) is 0 Å². The van der Waals surface area contributed by atoms with Crippen molar-refractivity contribution in [3.63, 3.8) is 0 Å². The predicted octanol–water partition coefficient (Wildman–Crippen LogP) is 9.82. The minimum atomic E-state index is -1.38. The lowest BCUT2D eigenvalue weighted by Gasteiger charge is -2.27. The number of thiazole rings is 3. The number of aromatic nitrogens is 3. The fourth-order valence-corrected chi connectivity index (χ4v) is 9.17. The van der Waals surface area contributed by atoms with Crippen LogP contribution in [0.4, 0.5) is 0 Å². The molecule has 0 aromatic carbocycles. The van der Waals surface area contributed by atoms with Gasteiger partial charge in [-0.25, -0.2) is 46.7 Å². The molecule has 0 unspecified atom stereocenters. The Morgan fingerprint density at radius 3 is 1.40 bits per heavy atom. The Bertz CT molecular complexity index is 2280. The lowest BCUT2D eigenvalue weighted by atomic mass is 9.99. The Morgan fingerprint density at radius 1 is 0.653 bits per heavy atom. The SMILES string of the molecule is CC(=N[S@@](=O)C(C)(C)C)C(C)C.CCOC(=O)c1csc(C=O)n1.CCOC(=O)c1csc([C@H](O)CC(=N[S@@](=O)C(C)(C)C)C(C)C)n1.CCOC(=O)c1csc([C@H](O)C[C@@H](N[S@@](=O)C(C)(C)C)C(C)C)n1. The van der Waals surface area contributed by atoms with E-state index in [4.69, 9.17) is 9.47 Å². The van der Waals surface area contributed by atoms with Crippen LogP contribution in [0.5, 0.6) is 0 Å². The minimum Gasteiger partial charge on any atom is -0.461 e. The molecule has 410 valence electrons. The molecule has 3 aromatic heterocycles. The molecule has 0 radical (unpaired) electrons. The van der Waals surface area contributed by atoms with Crippen molar-refractivity contribution in [1.82, 2.24) is 19.7 Å². The molecule has 0 aliphatic heterocycles. The summed E-state index contributed by atoms with van der Waals surface area (Å²) in [5.74, 6) is -0.845. The molecule has 72 heavy (non-hydrogen) atoms. The van der Waals surface area contributed by atoms with E-state index in [1.54, 1.807) is 31.5 Å². The van der Waals surface area contributed by atoms with E-state index >= 15 is 0 Å². The Hall–Kier alpha value is -3.36. The van der Waals surface area contributed by atoms with Crippen LogP contribution in [0, 0.1) is 17.8 Å². The second-order valence-corrected chi connectivity index (χ2v) is 28.1. The van der Waals surface area contributed by atoms with Crippen molar-refractivity contribution in [2.75, 3.05) is 19.8 Å². The van der Waals surface area contributed by atoms with Crippen LogP contribution in [-0.2, 0) is 47.2 Å². The summed E-state index contributed by atoms with van der Waals surface area (Å²) in [6.07, 6.45) is -0.510. The fourth-order valence-electron chi connectivity index (χ4n) is 4.51. The van der Waals surface area contributed by atoms with Crippen molar-refractivity contribution < 1.29 is 56.2 Å². The summed E-state index contributed by atoms with van der Waals surface area (Å²) in [5, 5.41) is 26.7. The maximum absolute atomic E-state index is 12.3. The van der Waals surface area contributed by atoms with Gasteiger partial charge in [0, 0.05) is 40.0 Å². The third kappa shape index (κ3) is 26.2. The van der Waals surface area contributed by atoms with Crippen molar-refractivity contribution in [2.24, 2.45) is 26.5 Å². The van der Waals surface area contributed by atoms with E-state index in [-0.39, 0.29) is 69.1 Å². The number of hydrogen-bond donors (Lipinski definition) is 3. The monoisotopic (exact) mass is 1120 g/mol. The molecular formula is C48H80N6O12S6. The summed E-state index contributed by atoms with van der Waals surface area (Å²) in [6, 6.07) is -0.130. The second kappa shape index (κ2) is 32.8. The van der Waals surface area contributed by atoms with Crippen molar-refractivity contribution in [3.8, 4) is 0 Å². The molecule has 0 saturated carbocycles. The first-order valence-corrected chi connectivity index (χ1v) is 29.5. The zero-order valence-electron chi connectivity index (χ0n) is 45.5. The average Bonchev–Trinajstić information content (AvgIpc) is 4.08. The smallest absolute Gasteiger partial charge is 0.357 e. The second-order valence-electron chi connectivity index (χ2n) is 19.7. The molecule has 18 nitrogen and oxygen atoms in total. The van der Waals surface area contributed by atoms with Crippen LogP contribution in [0.25, 0.3) is 0 Å². The first kappa shape index (κ1) is 68.6. The molecule has 24 heteroatoms. The Balaban J connectivity index is 0.000000982. The van der Waals surface area contributed by atoms with Crippen LogP contribution in [0.1, 0.15) is 208 Å². The third-order valence-corrected chi connectivity index (χ3v) is 16.4. The van der Waals surface area contributed by atoms with Crippen LogP contribution < -0.4 is 4.72 Å². The molecule has 6 atom stereocenters. The average molecular weight is 1130 g/mol. The Morgan fingerprint density at radius 2 is 1.06 bits per heavy atom. The summed E-state index contributed by atoms with van der Waals surface area (Å²) in [7, 11) is -3.70. The molecule has 0 aliphatic rings. The molecule has 0 aliphatic carbocycles. The van der Waals surface area contributed by atoms with Gasteiger partial charge in [0.25, 0.3) is 0 Å². The van der Waals surface area contributed by atoms with E-state index in [1.807, 2.05) is 96.9 Å². The van der Waals surface area contributed by atoms with E-state index in [0.717, 1.165) is 17.0 Å². The number of aliphatic hydroxyl groups excluding tert-OH is 2. The highest BCUT2D eigenvalue weighted by Crippen LogP contribution is 2.27. The number of ether oxygens (including phenoxy) is 3. The molecule has 0 bridgehead atoms. The van der Waals surface area contributed by atoms with Crippen LogP contribution in [0.3, 0.4) is 0 Å². The van der Waals surface area contributed by atoms with Crippen LogP contribution in [-0.4, -0.2) is 114 Å². The number of aliphatic hydroxyl groups is 2. The highest BCUT2D eigenvalue weighted by Gasteiger charge is 2.28. The van der Waals surface area contributed by atoms with Crippen molar-refractivity contribution in [1.29, 1.82) is 0 Å². The summed E-state index contributed by atoms with van der Waals surface area (Å²) in [5.41, 5.74) is 2.23. The maximum atomic E-state index is 12.3. The molecule has 3 N–H and O–H groups in total. The number of rotatable bonds is 20. The summed E-state index contributed by atoms with van der Waals surface area (Å²) in [4.78, 5) is 56.5. The quantitative estimate of drug-likeness (QED) is 0.0411. The van der Waals surface area contributed by atoms with Gasteiger partial charge in [-0.2, -0.15) is 8.80 Å². The zero-order valence-corrected chi connectivity index (χ0v) is 50.4. The van der Waals surface area contributed by atoms with Crippen molar-refractivity contribution in [3.05, 3.63) is 48.2 Å². The van der Waals surface area contributed by atoms with E-state index in [1.165, 1.54) is 28.1 Å². The molecule has 3 aromatic rings. The number of nitrogens with zero attached hydrogens (tertiary/aromatic N) is 5. The van der Waals surface area contributed by atoms with Gasteiger partial charge in [0.15, 0.2) is 28.4 Å². The van der Waals surface area contributed by atoms with Gasteiger partial charge in [0.1, 0.15) is 44.2 Å². The van der Waals surface area contributed by atoms with Gasteiger partial charge in [0.05, 0.1) is 45.0 Å². The first-order chi connectivity index (χ1) is 33.1. The Labute approximate surface area is 447 Å². The normalized spacial score (nSPS) is 14.8. The number of aldehydes is 1. The number of carbonyl (C=O) groups is 4. The van der Waals surface area contributed by atoms with Gasteiger partial charge in [-0.3, -0.25) is 4.79 Å². The number of carbonyl (C=O) groups excluding carboxylic acids is 4. The largest absolute Gasteiger partial charge is 0.461 e. The van der Waals surface area contributed by atoms with Crippen LogP contribution in [0.15, 0.2) is 24.9 Å². The van der Waals surface area contributed by atoms with Gasteiger partial charge >= 0.3 is 17.9 Å². The molecular weight excluding hydrogens is 1040 g/mol. The van der Waals surface area contributed by atoms with E-state index in [9.17, 15) is 42.0 Å². The molecule has 0 saturated heterocycles. The molecule has 0 spiro atoms. The molecule has 3 heterocycles. The number of nitrogens with one attached hydrogen (secondary N) is 1. The van der Waals surface area contributed by atoms with E-state index in [0.29, 0.717) is 41.0 Å². The van der Waals surface area contributed by atoms with Gasteiger partial charge in [-0.05, 0) is 114 Å².